The first-order chi connectivity index (χ1) is 7.15. The molecule has 1 aromatic carbocycles. The van der Waals surface area contributed by atoms with Crippen molar-refractivity contribution in [3.05, 3.63) is 29.3 Å². The average Bonchev–Trinajstić information content (AvgIpc) is 2.20. The van der Waals surface area contributed by atoms with Gasteiger partial charge in [-0.3, -0.25) is 4.79 Å². The fourth-order valence-corrected chi connectivity index (χ4v) is 1.49. The van der Waals surface area contributed by atoms with Crippen LogP contribution in [0.15, 0.2) is 18.2 Å². The summed E-state index contributed by atoms with van der Waals surface area (Å²) in [6.07, 6.45) is 2.90. The molecule has 0 aliphatic carbocycles. The first-order valence-electron chi connectivity index (χ1n) is 5.18. The van der Waals surface area contributed by atoms with Gasteiger partial charge >= 0.3 is 0 Å². The molecule has 0 atom stereocenters. The van der Waals surface area contributed by atoms with Crippen LogP contribution in [0, 0.1) is 0 Å². The number of phenols is 1. The van der Waals surface area contributed by atoms with Crippen LogP contribution >= 0.6 is 0 Å². The SMILES string of the molecule is CC(=O)c1cc(CCCCN)ccc1O. The van der Waals surface area contributed by atoms with Crippen LogP contribution in [-0.2, 0) is 6.42 Å². The summed E-state index contributed by atoms with van der Waals surface area (Å²) in [7, 11) is 0. The summed E-state index contributed by atoms with van der Waals surface area (Å²) in [6, 6.07) is 5.18. The molecular weight excluding hydrogens is 190 g/mol. The van der Waals surface area contributed by atoms with Crippen molar-refractivity contribution >= 4 is 5.78 Å². The normalized spacial score (nSPS) is 10.3. The van der Waals surface area contributed by atoms with Crippen LogP contribution in [0.1, 0.15) is 35.7 Å². The van der Waals surface area contributed by atoms with E-state index in [2.05, 4.69) is 0 Å². The van der Waals surface area contributed by atoms with E-state index in [4.69, 9.17) is 5.73 Å². The van der Waals surface area contributed by atoms with Crippen LogP contribution in [0.2, 0.25) is 0 Å². The van der Waals surface area contributed by atoms with E-state index in [0.29, 0.717) is 12.1 Å². The molecule has 3 nitrogen and oxygen atoms in total. The molecule has 0 aliphatic rings. The Balaban J connectivity index is 2.74. The van der Waals surface area contributed by atoms with Crippen LogP contribution in [0.3, 0.4) is 0 Å². The Bertz CT molecular complexity index is 347. The molecule has 3 N–H and O–H groups in total. The molecule has 0 saturated heterocycles. The number of phenolic OH excluding ortho intramolecular Hbond substituents is 1. The Labute approximate surface area is 89.9 Å². The van der Waals surface area contributed by atoms with E-state index in [1.165, 1.54) is 6.92 Å². The van der Waals surface area contributed by atoms with Gasteiger partial charge in [-0.1, -0.05) is 6.07 Å². The van der Waals surface area contributed by atoms with Gasteiger partial charge in [0.25, 0.3) is 0 Å². The summed E-state index contributed by atoms with van der Waals surface area (Å²) in [4.78, 5) is 11.2. The van der Waals surface area contributed by atoms with Crippen molar-refractivity contribution in [2.75, 3.05) is 6.54 Å². The van der Waals surface area contributed by atoms with Crippen molar-refractivity contribution in [3.63, 3.8) is 0 Å². The van der Waals surface area contributed by atoms with Gasteiger partial charge in [-0.25, -0.2) is 0 Å². The van der Waals surface area contributed by atoms with E-state index in [-0.39, 0.29) is 11.5 Å². The second-order valence-corrected chi connectivity index (χ2v) is 3.65. The number of aryl methyl sites for hydroxylation is 1. The summed E-state index contributed by atoms with van der Waals surface area (Å²) < 4.78 is 0. The van der Waals surface area contributed by atoms with Gasteiger partial charge in [-0.15, -0.1) is 0 Å². The number of hydrogen-bond donors (Lipinski definition) is 2. The zero-order chi connectivity index (χ0) is 11.3. The molecule has 0 aromatic heterocycles. The molecule has 0 saturated carbocycles. The van der Waals surface area contributed by atoms with Crippen LogP contribution in [0.25, 0.3) is 0 Å². The van der Waals surface area contributed by atoms with Gasteiger partial charge in [0, 0.05) is 0 Å². The minimum atomic E-state index is -0.104. The van der Waals surface area contributed by atoms with Crippen molar-refractivity contribution < 1.29 is 9.90 Å². The molecule has 0 unspecified atom stereocenters. The number of ketones is 1. The van der Waals surface area contributed by atoms with Gasteiger partial charge in [-0.2, -0.15) is 0 Å². The number of benzene rings is 1. The van der Waals surface area contributed by atoms with E-state index < -0.39 is 0 Å². The third-order valence-corrected chi connectivity index (χ3v) is 2.36. The lowest BCUT2D eigenvalue weighted by atomic mass is 10.0. The predicted molar refractivity (Wildman–Crippen MR) is 60.1 cm³/mol. The van der Waals surface area contributed by atoms with Gasteiger partial charge in [0.15, 0.2) is 5.78 Å². The minimum absolute atomic E-state index is 0.0603. The van der Waals surface area contributed by atoms with E-state index in [1.54, 1.807) is 12.1 Å². The summed E-state index contributed by atoms with van der Waals surface area (Å²) in [5.74, 6) is -0.0433. The van der Waals surface area contributed by atoms with E-state index >= 15 is 0 Å². The molecule has 0 radical (unpaired) electrons. The van der Waals surface area contributed by atoms with Crippen LogP contribution in [0.4, 0.5) is 0 Å². The van der Waals surface area contributed by atoms with Gasteiger partial charge in [0.2, 0.25) is 0 Å². The van der Waals surface area contributed by atoms with Crippen molar-refractivity contribution in [1.29, 1.82) is 0 Å². The van der Waals surface area contributed by atoms with Gasteiger partial charge in [-0.05, 0) is 50.4 Å². The quantitative estimate of drug-likeness (QED) is 0.572. The molecule has 0 amide bonds. The summed E-state index contributed by atoms with van der Waals surface area (Å²) in [5, 5.41) is 9.44. The Morgan fingerprint density at radius 2 is 2.13 bits per heavy atom. The van der Waals surface area contributed by atoms with E-state index in [1.807, 2.05) is 6.07 Å². The lowest BCUT2D eigenvalue weighted by Gasteiger charge is -2.05. The number of hydrogen-bond acceptors (Lipinski definition) is 3. The molecule has 3 heteroatoms. The minimum Gasteiger partial charge on any atom is -0.507 e. The van der Waals surface area contributed by atoms with Crippen molar-refractivity contribution in [2.45, 2.75) is 26.2 Å². The molecule has 1 rings (SSSR count). The van der Waals surface area contributed by atoms with Crippen molar-refractivity contribution in [2.24, 2.45) is 5.73 Å². The second-order valence-electron chi connectivity index (χ2n) is 3.65. The largest absolute Gasteiger partial charge is 0.507 e. The maximum absolute atomic E-state index is 11.2. The Hall–Kier alpha value is -1.35. The molecule has 0 aliphatic heterocycles. The predicted octanol–water partition coefficient (Wildman–Crippen LogP) is 1.88. The van der Waals surface area contributed by atoms with Crippen molar-refractivity contribution in [1.82, 2.24) is 0 Å². The zero-order valence-corrected chi connectivity index (χ0v) is 8.99. The fraction of sp³-hybridized carbons (Fsp3) is 0.417. The summed E-state index contributed by atoms with van der Waals surface area (Å²) in [6.45, 7) is 2.15. The standard InChI is InChI=1S/C12H17NO2/c1-9(14)11-8-10(4-2-3-7-13)5-6-12(11)15/h5-6,8,15H,2-4,7,13H2,1H3. The molecule has 0 bridgehead atoms. The number of rotatable bonds is 5. The lowest BCUT2D eigenvalue weighted by molar-refractivity contribution is 0.101. The average molecular weight is 207 g/mol. The fourth-order valence-electron chi connectivity index (χ4n) is 1.49. The maximum Gasteiger partial charge on any atom is 0.163 e. The van der Waals surface area contributed by atoms with E-state index in [0.717, 1.165) is 24.8 Å². The molecule has 15 heavy (non-hydrogen) atoms. The van der Waals surface area contributed by atoms with Crippen LogP contribution in [0.5, 0.6) is 5.75 Å². The zero-order valence-electron chi connectivity index (χ0n) is 8.99. The highest BCUT2D eigenvalue weighted by molar-refractivity contribution is 5.96. The Kier molecular flexibility index (Phi) is 4.31. The molecule has 0 fully saturated rings. The second kappa shape index (κ2) is 5.51. The smallest absolute Gasteiger partial charge is 0.163 e. The number of unbranched alkanes of at least 4 members (excludes halogenated alkanes) is 1. The number of carbonyl (C=O) groups excluding carboxylic acids is 1. The third-order valence-electron chi connectivity index (χ3n) is 2.36. The molecule has 0 spiro atoms. The number of Topliss-reactive ketones (excluding diaryl/α,β-unsaturated/α-hetero) is 1. The summed E-state index contributed by atoms with van der Waals surface area (Å²) in [5.41, 5.74) is 6.88. The maximum atomic E-state index is 11.2. The first-order valence-corrected chi connectivity index (χ1v) is 5.18. The van der Waals surface area contributed by atoms with Gasteiger partial charge in [0.1, 0.15) is 5.75 Å². The Morgan fingerprint density at radius 3 is 2.73 bits per heavy atom. The van der Waals surface area contributed by atoms with Crippen molar-refractivity contribution in [3.8, 4) is 5.75 Å². The third kappa shape index (κ3) is 3.36. The van der Waals surface area contributed by atoms with Crippen LogP contribution < -0.4 is 5.73 Å². The van der Waals surface area contributed by atoms with Crippen LogP contribution in [-0.4, -0.2) is 17.4 Å². The number of aromatic hydroxyl groups is 1. The van der Waals surface area contributed by atoms with E-state index in [9.17, 15) is 9.90 Å². The number of carbonyl (C=O) groups is 1. The highest BCUT2D eigenvalue weighted by Crippen LogP contribution is 2.19. The molecule has 82 valence electrons. The first kappa shape index (κ1) is 11.7. The number of nitrogens with two attached hydrogens (primary N) is 1. The van der Waals surface area contributed by atoms with Gasteiger partial charge < -0.3 is 10.8 Å². The monoisotopic (exact) mass is 207 g/mol. The Morgan fingerprint density at radius 1 is 1.40 bits per heavy atom. The van der Waals surface area contributed by atoms with Gasteiger partial charge in [0.05, 0.1) is 5.56 Å². The molecule has 1 aromatic rings. The highest BCUT2D eigenvalue weighted by Gasteiger charge is 2.06. The highest BCUT2D eigenvalue weighted by atomic mass is 16.3. The summed E-state index contributed by atoms with van der Waals surface area (Å²) >= 11 is 0. The topological polar surface area (TPSA) is 63.3 Å². The molecular formula is C12H17NO2. The lowest BCUT2D eigenvalue weighted by Crippen LogP contribution is -2.00. The molecule has 0 heterocycles.